The van der Waals surface area contributed by atoms with E-state index in [1.807, 2.05) is 18.2 Å². The summed E-state index contributed by atoms with van der Waals surface area (Å²) in [7, 11) is 0. The lowest BCUT2D eigenvalue weighted by Gasteiger charge is -2.26. The van der Waals surface area contributed by atoms with Crippen molar-refractivity contribution in [2.24, 2.45) is 0 Å². The number of allylic oxidation sites excluding steroid dienone is 3. The summed E-state index contributed by atoms with van der Waals surface area (Å²) < 4.78 is 52.1. The number of hydrogen-bond acceptors (Lipinski definition) is 2. The first-order valence-corrected chi connectivity index (χ1v) is 8.46. The molecule has 7 heteroatoms. The number of amides is 1. The summed E-state index contributed by atoms with van der Waals surface area (Å²) in [5, 5.41) is 9.27. The van der Waals surface area contributed by atoms with E-state index in [0.29, 0.717) is 43.5 Å². The van der Waals surface area contributed by atoms with E-state index < -0.39 is 17.6 Å². The van der Waals surface area contributed by atoms with E-state index in [9.17, 15) is 27.5 Å². The van der Waals surface area contributed by atoms with E-state index in [1.54, 1.807) is 4.90 Å². The van der Waals surface area contributed by atoms with Crippen LogP contribution < -0.4 is 4.90 Å². The number of aryl methyl sites for hydroxylation is 1. The fourth-order valence-electron chi connectivity index (χ4n) is 3.30. The number of rotatable bonds is 3. The van der Waals surface area contributed by atoms with Crippen LogP contribution in [0.3, 0.4) is 0 Å². The minimum atomic E-state index is -5.43. The van der Waals surface area contributed by atoms with Gasteiger partial charge in [-0.3, -0.25) is 4.79 Å². The molecule has 1 atom stereocenters. The number of fused-ring (bicyclic) bond motifs is 1. The number of anilines is 1. The number of hydrogen-bond donors (Lipinski definition) is 1. The summed E-state index contributed by atoms with van der Waals surface area (Å²) in [4.78, 5) is 14.2. The molecule has 1 heterocycles. The zero-order chi connectivity index (χ0) is 18.9. The second-order valence-corrected chi connectivity index (χ2v) is 6.60. The van der Waals surface area contributed by atoms with Crippen molar-refractivity contribution in [3.05, 3.63) is 53.1 Å². The Morgan fingerprint density at radius 2 is 1.96 bits per heavy atom. The Labute approximate surface area is 148 Å². The summed E-state index contributed by atoms with van der Waals surface area (Å²) in [5.41, 5.74) is 1.04. The van der Waals surface area contributed by atoms with Gasteiger partial charge >= 0.3 is 12.0 Å². The third-order valence-electron chi connectivity index (χ3n) is 4.73. The molecule has 2 aliphatic rings. The predicted molar refractivity (Wildman–Crippen MR) is 89.2 cm³/mol. The lowest BCUT2D eigenvalue weighted by atomic mass is 9.99. The Hall–Kier alpha value is -2.15. The molecule has 1 unspecified atom stereocenters. The number of nitrogens with zero attached hydrogens (tertiary/aromatic N) is 1. The van der Waals surface area contributed by atoms with E-state index >= 15 is 0 Å². The van der Waals surface area contributed by atoms with Gasteiger partial charge < -0.3 is 10.0 Å². The molecule has 26 heavy (non-hydrogen) atoms. The van der Waals surface area contributed by atoms with Crippen LogP contribution in [-0.4, -0.2) is 23.7 Å². The number of carbonyl (C=O) groups excluding carboxylic acids is 1. The van der Waals surface area contributed by atoms with Gasteiger partial charge in [0.2, 0.25) is 5.91 Å². The van der Waals surface area contributed by atoms with Crippen LogP contribution in [0.25, 0.3) is 0 Å². The van der Waals surface area contributed by atoms with Crippen molar-refractivity contribution >= 4 is 11.6 Å². The quantitative estimate of drug-likeness (QED) is 0.807. The lowest BCUT2D eigenvalue weighted by molar-refractivity contribution is -0.323. The average molecular weight is 369 g/mol. The number of carbonyl (C=O) groups is 1. The molecule has 0 radical (unpaired) electrons. The van der Waals surface area contributed by atoms with Gasteiger partial charge in [0.25, 0.3) is 0 Å². The van der Waals surface area contributed by atoms with E-state index in [1.165, 1.54) is 6.07 Å². The van der Waals surface area contributed by atoms with Crippen LogP contribution in [0.2, 0.25) is 0 Å². The van der Waals surface area contributed by atoms with Crippen LogP contribution in [0.15, 0.2) is 42.0 Å². The van der Waals surface area contributed by atoms with Crippen molar-refractivity contribution in [2.45, 2.75) is 44.1 Å². The van der Waals surface area contributed by atoms with Crippen molar-refractivity contribution in [1.82, 2.24) is 0 Å². The Bertz CT molecular complexity index is 765. The van der Waals surface area contributed by atoms with Crippen LogP contribution in [0.1, 0.15) is 36.8 Å². The molecule has 0 bridgehead atoms. The highest BCUT2D eigenvalue weighted by atomic mass is 19.4. The van der Waals surface area contributed by atoms with E-state index in [2.05, 4.69) is 0 Å². The summed E-state index contributed by atoms with van der Waals surface area (Å²) in [5.74, 6) is -4.55. The minimum absolute atomic E-state index is 0.137. The fourth-order valence-corrected chi connectivity index (χ4v) is 3.30. The Kier molecular flexibility index (Phi) is 4.92. The molecule has 1 aliphatic heterocycles. The van der Waals surface area contributed by atoms with Gasteiger partial charge in [-0.15, -0.1) is 0 Å². The van der Waals surface area contributed by atoms with Crippen molar-refractivity contribution in [3.8, 4) is 0 Å². The topological polar surface area (TPSA) is 40.5 Å². The molecule has 0 aromatic heterocycles. The van der Waals surface area contributed by atoms with Crippen molar-refractivity contribution in [3.63, 3.8) is 0 Å². The fraction of sp³-hybridized carbons (Fsp3) is 0.421. The third kappa shape index (κ3) is 3.53. The Morgan fingerprint density at radius 1 is 1.19 bits per heavy atom. The molecule has 0 fully saturated rings. The molecular formula is C19H19F4NO2. The van der Waals surface area contributed by atoms with Gasteiger partial charge in [-0.25, -0.2) is 0 Å². The first-order valence-electron chi connectivity index (χ1n) is 8.46. The largest absolute Gasteiger partial charge is 0.453 e. The Morgan fingerprint density at radius 3 is 2.62 bits per heavy atom. The molecule has 1 aromatic rings. The smallest absolute Gasteiger partial charge is 0.351 e. The van der Waals surface area contributed by atoms with Crippen molar-refractivity contribution < 1.29 is 27.5 Å². The number of aliphatic hydroxyl groups is 1. The Balaban J connectivity index is 1.90. The molecule has 1 N–H and O–H groups in total. The maximum absolute atomic E-state index is 13.9. The number of alkyl halides is 4. The predicted octanol–water partition coefficient (Wildman–Crippen LogP) is 4.31. The van der Waals surface area contributed by atoms with Crippen LogP contribution in [0.5, 0.6) is 0 Å². The molecule has 0 saturated heterocycles. The highest BCUT2D eigenvalue weighted by Gasteiger charge is 2.56. The first-order chi connectivity index (χ1) is 12.2. The minimum Gasteiger partial charge on any atom is -0.351 e. The van der Waals surface area contributed by atoms with Crippen molar-refractivity contribution in [2.75, 3.05) is 11.4 Å². The van der Waals surface area contributed by atoms with Crippen LogP contribution in [0, 0.1) is 0 Å². The lowest BCUT2D eigenvalue weighted by Crippen LogP contribution is -2.38. The molecule has 3 nitrogen and oxygen atoms in total. The maximum Gasteiger partial charge on any atom is 0.453 e. The SMILES string of the molecule is O=C(CC1=CC=CC1)N1CCCCc2cc(C(O)(F)C(F)(F)F)ccc21. The molecule has 1 amide bonds. The molecule has 0 spiro atoms. The third-order valence-corrected chi connectivity index (χ3v) is 4.73. The summed E-state index contributed by atoms with van der Waals surface area (Å²) in [6, 6.07) is 3.21. The monoisotopic (exact) mass is 369 g/mol. The summed E-state index contributed by atoms with van der Waals surface area (Å²) in [6.07, 6.45) is 3.03. The molecule has 0 saturated carbocycles. The van der Waals surface area contributed by atoms with Crippen LogP contribution in [-0.2, 0) is 17.1 Å². The molecule has 3 rings (SSSR count). The van der Waals surface area contributed by atoms with Gasteiger partial charge in [-0.1, -0.05) is 29.9 Å². The average Bonchev–Trinajstić information content (AvgIpc) is 2.97. The standard InChI is InChI=1S/C19H19F4NO2/c20-18(26,19(21,22)23)15-8-9-16-14(12-15)7-3-4-10-24(16)17(25)11-13-5-1-2-6-13/h1-2,5,8-9,12,26H,3-4,6-7,10-11H2. The van der Waals surface area contributed by atoms with E-state index in [-0.39, 0.29) is 12.3 Å². The highest BCUT2D eigenvalue weighted by Crippen LogP contribution is 2.42. The van der Waals surface area contributed by atoms with Crippen molar-refractivity contribution in [1.29, 1.82) is 0 Å². The molecular weight excluding hydrogens is 350 g/mol. The second kappa shape index (κ2) is 6.87. The van der Waals surface area contributed by atoms with Crippen LogP contribution >= 0.6 is 0 Å². The summed E-state index contributed by atoms with van der Waals surface area (Å²) >= 11 is 0. The summed E-state index contributed by atoms with van der Waals surface area (Å²) in [6.45, 7) is 0.463. The first kappa shape index (κ1) is 18.6. The van der Waals surface area contributed by atoms with Gasteiger partial charge in [0.15, 0.2) is 0 Å². The molecule has 140 valence electrons. The van der Waals surface area contributed by atoms with E-state index in [0.717, 1.165) is 17.7 Å². The number of halogens is 4. The van der Waals surface area contributed by atoms with Gasteiger partial charge in [0.1, 0.15) is 0 Å². The van der Waals surface area contributed by atoms with E-state index in [4.69, 9.17) is 0 Å². The number of benzene rings is 1. The van der Waals surface area contributed by atoms with Gasteiger partial charge in [-0.05, 0) is 43.4 Å². The second-order valence-electron chi connectivity index (χ2n) is 6.60. The zero-order valence-corrected chi connectivity index (χ0v) is 14.0. The van der Waals surface area contributed by atoms with Gasteiger partial charge in [0, 0.05) is 24.2 Å². The maximum atomic E-state index is 13.9. The van der Waals surface area contributed by atoms with Gasteiger partial charge in [0.05, 0.1) is 0 Å². The normalized spacial score (nSPS) is 19.6. The zero-order valence-electron chi connectivity index (χ0n) is 14.0. The van der Waals surface area contributed by atoms with Gasteiger partial charge in [-0.2, -0.15) is 17.6 Å². The van der Waals surface area contributed by atoms with Crippen LogP contribution in [0.4, 0.5) is 23.2 Å². The molecule has 1 aliphatic carbocycles. The highest BCUT2D eigenvalue weighted by molar-refractivity contribution is 5.95. The molecule has 1 aromatic carbocycles.